The second-order valence-corrected chi connectivity index (χ2v) is 5.73. The van der Waals surface area contributed by atoms with Gasteiger partial charge >= 0.3 is 5.97 Å². The number of para-hydroxylation sites is 2. The first kappa shape index (κ1) is 16.8. The lowest BCUT2D eigenvalue weighted by atomic mass is 9.96. The molecule has 1 aliphatic rings. The van der Waals surface area contributed by atoms with Gasteiger partial charge in [-0.15, -0.1) is 0 Å². The molecule has 0 radical (unpaired) electrons. The number of rotatable bonds is 6. The quantitative estimate of drug-likeness (QED) is 0.737. The number of carboxylic acids is 1. The number of anilines is 1. The molecule has 0 spiro atoms. The number of hydrogen-bond donors (Lipinski definition) is 3. The van der Waals surface area contributed by atoms with Gasteiger partial charge in [-0.2, -0.15) is 0 Å². The highest BCUT2D eigenvalue weighted by Gasteiger charge is 2.36. The number of carboxylic acid groups (broad SMARTS) is 1. The van der Waals surface area contributed by atoms with Crippen molar-refractivity contribution in [3.63, 3.8) is 0 Å². The van der Waals surface area contributed by atoms with E-state index in [9.17, 15) is 19.5 Å². The molecule has 1 aromatic rings. The van der Waals surface area contributed by atoms with Crippen LogP contribution in [-0.2, 0) is 14.4 Å². The molecule has 1 aliphatic heterocycles. The van der Waals surface area contributed by atoms with Crippen molar-refractivity contribution in [1.82, 2.24) is 5.32 Å². The van der Waals surface area contributed by atoms with E-state index in [1.165, 1.54) is 6.92 Å². The Hall–Kier alpha value is -2.57. The molecule has 0 saturated carbocycles. The number of aliphatic carboxylic acids is 1. The lowest BCUT2D eigenvalue weighted by Gasteiger charge is -2.28. The second kappa shape index (κ2) is 6.68. The summed E-state index contributed by atoms with van der Waals surface area (Å²) >= 11 is 0. The van der Waals surface area contributed by atoms with Gasteiger partial charge in [-0.25, -0.2) is 4.79 Å². The Balaban J connectivity index is 2.03. The van der Waals surface area contributed by atoms with Gasteiger partial charge in [-0.05, 0) is 25.5 Å². The highest BCUT2D eigenvalue weighted by Crippen LogP contribution is 2.29. The van der Waals surface area contributed by atoms with Gasteiger partial charge in [0.2, 0.25) is 5.91 Å². The number of ether oxygens (including phenoxy) is 1. The number of fused-ring (bicyclic) bond motifs is 1. The van der Waals surface area contributed by atoms with Crippen molar-refractivity contribution in [3.8, 4) is 5.75 Å². The molecule has 0 saturated heterocycles. The Kier molecular flexibility index (Phi) is 4.88. The summed E-state index contributed by atoms with van der Waals surface area (Å²) in [4.78, 5) is 35.5. The molecule has 2 unspecified atom stereocenters. The monoisotopic (exact) mass is 320 g/mol. The van der Waals surface area contributed by atoms with Crippen LogP contribution in [0.1, 0.15) is 33.1 Å². The molecule has 3 N–H and O–H groups in total. The van der Waals surface area contributed by atoms with Crippen molar-refractivity contribution in [2.45, 2.75) is 44.8 Å². The molecule has 2 rings (SSSR count). The fourth-order valence-electron chi connectivity index (χ4n) is 2.48. The summed E-state index contributed by atoms with van der Waals surface area (Å²) in [6, 6.07) is 6.92. The van der Waals surface area contributed by atoms with Gasteiger partial charge < -0.3 is 20.5 Å². The molecular weight excluding hydrogens is 300 g/mol. The topological polar surface area (TPSA) is 105 Å². The lowest BCUT2D eigenvalue weighted by Crippen LogP contribution is -2.53. The number of amides is 2. The summed E-state index contributed by atoms with van der Waals surface area (Å²) in [5, 5.41) is 14.4. The minimum Gasteiger partial charge on any atom is -0.480 e. The number of carbonyl (C=O) groups excluding carboxylic acids is 2. The normalized spacial score (nSPS) is 18.9. The molecule has 2 amide bonds. The van der Waals surface area contributed by atoms with Crippen LogP contribution in [0.15, 0.2) is 24.3 Å². The molecule has 23 heavy (non-hydrogen) atoms. The van der Waals surface area contributed by atoms with E-state index >= 15 is 0 Å². The SMILES string of the molecule is CCCC(C)(NC(=O)CC1Oc2ccccc2NC1=O)C(=O)O. The molecule has 0 aromatic heterocycles. The standard InChI is InChI=1S/C16H20N2O5/c1-3-8-16(2,15(21)22)18-13(19)9-12-14(20)17-10-6-4-5-7-11(10)23-12/h4-7,12H,3,8-9H2,1-2H3,(H,17,20)(H,18,19)(H,21,22). The maximum absolute atomic E-state index is 12.1. The third-order valence-electron chi connectivity index (χ3n) is 3.71. The van der Waals surface area contributed by atoms with Crippen molar-refractivity contribution in [2.75, 3.05) is 5.32 Å². The number of nitrogens with one attached hydrogen (secondary N) is 2. The first-order valence-corrected chi connectivity index (χ1v) is 7.46. The van der Waals surface area contributed by atoms with Crippen molar-refractivity contribution >= 4 is 23.5 Å². The van der Waals surface area contributed by atoms with Gasteiger partial charge in [-0.1, -0.05) is 25.5 Å². The zero-order valence-corrected chi connectivity index (χ0v) is 13.1. The fourth-order valence-corrected chi connectivity index (χ4v) is 2.48. The molecule has 0 aliphatic carbocycles. The van der Waals surface area contributed by atoms with E-state index in [1.54, 1.807) is 24.3 Å². The Morgan fingerprint density at radius 1 is 1.39 bits per heavy atom. The van der Waals surface area contributed by atoms with Gasteiger partial charge in [0, 0.05) is 0 Å². The smallest absolute Gasteiger partial charge is 0.329 e. The average Bonchev–Trinajstić information content (AvgIpc) is 2.48. The highest BCUT2D eigenvalue weighted by molar-refractivity contribution is 6.00. The number of hydrogen-bond acceptors (Lipinski definition) is 4. The van der Waals surface area contributed by atoms with Crippen LogP contribution >= 0.6 is 0 Å². The van der Waals surface area contributed by atoms with E-state index in [1.807, 2.05) is 6.92 Å². The van der Waals surface area contributed by atoms with Crippen molar-refractivity contribution in [2.24, 2.45) is 0 Å². The van der Waals surface area contributed by atoms with E-state index in [4.69, 9.17) is 4.74 Å². The van der Waals surface area contributed by atoms with Crippen molar-refractivity contribution in [1.29, 1.82) is 0 Å². The molecule has 2 atom stereocenters. The Morgan fingerprint density at radius 3 is 2.74 bits per heavy atom. The third kappa shape index (κ3) is 3.80. The molecule has 0 fully saturated rings. The predicted molar refractivity (Wildman–Crippen MR) is 83.2 cm³/mol. The summed E-state index contributed by atoms with van der Waals surface area (Å²) in [5.41, 5.74) is -0.801. The molecular formula is C16H20N2O5. The Labute approximate surface area is 134 Å². The van der Waals surface area contributed by atoms with Crippen LogP contribution in [0.4, 0.5) is 5.69 Å². The maximum Gasteiger partial charge on any atom is 0.329 e. The minimum atomic E-state index is -1.35. The second-order valence-electron chi connectivity index (χ2n) is 5.73. The number of benzene rings is 1. The summed E-state index contributed by atoms with van der Waals surface area (Å²) in [7, 11) is 0. The van der Waals surface area contributed by atoms with E-state index in [-0.39, 0.29) is 6.42 Å². The van der Waals surface area contributed by atoms with Crippen molar-refractivity contribution < 1.29 is 24.2 Å². The summed E-state index contributed by atoms with van der Waals surface area (Å²) < 4.78 is 5.53. The van der Waals surface area contributed by atoms with Gasteiger partial charge in [0.15, 0.2) is 6.10 Å². The van der Waals surface area contributed by atoms with E-state index < -0.39 is 29.4 Å². The Bertz CT molecular complexity index is 631. The molecule has 1 heterocycles. The molecule has 124 valence electrons. The van der Waals surface area contributed by atoms with Gasteiger partial charge in [0.1, 0.15) is 11.3 Å². The summed E-state index contributed by atoms with van der Waals surface area (Å²) in [6.07, 6.45) is -0.317. The first-order valence-electron chi connectivity index (χ1n) is 7.46. The fraction of sp³-hybridized carbons (Fsp3) is 0.438. The lowest BCUT2D eigenvalue weighted by molar-refractivity contribution is -0.147. The first-order chi connectivity index (χ1) is 10.9. The number of carbonyl (C=O) groups is 3. The zero-order chi connectivity index (χ0) is 17.0. The maximum atomic E-state index is 12.1. The largest absolute Gasteiger partial charge is 0.480 e. The van der Waals surface area contributed by atoms with Crippen LogP contribution in [0.5, 0.6) is 5.75 Å². The minimum absolute atomic E-state index is 0.243. The molecule has 0 bridgehead atoms. The van der Waals surface area contributed by atoms with Gasteiger partial charge in [0.25, 0.3) is 5.91 Å². The van der Waals surface area contributed by atoms with E-state index in [0.717, 1.165) is 0 Å². The molecule has 1 aromatic carbocycles. The van der Waals surface area contributed by atoms with Crippen LogP contribution in [0.3, 0.4) is 0 Å². The van der Waals surface area contributed by atoms with Crippen molar-refractivity contribution in [3.05, 3.63) is 24.3 Å². The van der Waals surface area contributed by atoms with E-state index in [0.29, 0.717) is 24.3 Å². The Morgan fingerprint density at radius 2 is 2.09 bits per heavy atom. The van der Waals surface area contributed by atoms with E-state index in [2.05, 4.69) is 10.6 Å². The highest BCUT2D eigenvalue weighted by atomic mass is 16.5. The summed E-state index contributed by atoms with van der Waals surface area (Å²) in [6.45, 7) is 3.29. The average molecular weight is 320 g/mol. The van der Waals surface area contributed by atoms with Gasteiger partial charge in [-0.3, -0.25) is 9.59 Å². The van der Waals surface area contributed by atoms with Crippen LogP contribution in [0.25, 0.3) is 0 Å². The van der Waals surface area contributed by atoms with Crippen LogP contribution in [0, 0.1) is 0 Å². The van der Waals surface area contributed by atoms with Crippen LogP contribution in [0.2, 0.25) is 0 Å². The summed E-state index contributed by atoms with van der Waals surface area (Å²) in [5.74, 6) is -1.58. The van der Waals surface area contributed by atoms with Gasteiger partial charge in [0.05, 0.1) is 12.1 Å². The zero-order valence-electron chi connectivity index (χ0n) is 13.1. The molecule has 7 heteroatoms. The third-order valence-corrected chi connectivity index (χ3v) is 3.71. The van der Waals surface area contributed by atoms with Crippen LogP contribution < -0.4 is 15.4 Å². The predicted octanol–water partition coefficient (Wildman–Crippen LogP) is 1.54. The van der Waals surface area contributed by atoms with Crippen LogP contribution in [-0.4, -0.2) is 34.5 Å². The molecule has 7 nitrogen and oxygen atoms in total.